The van der Waals surface area contributed by atoms with Crippen molar-refractivity contribution in [2.75, 3.05) is 6.54 Å². The van der Waals surface area contributed by atoms with Crippen molar-refractivity contribution in [3.63, 3.8) is 0 Å². The second-order valence-electron chi connectivity index (χ2n) is 5.68. The Balaban J connectivity index is 1.82. The van der Waals surface area contributed by atoms with E-state index in [1.54, 1.807) is 0 Å². The monoisotopic (exact) mass is 340 g/mol. The summed E-state index contributed by atoms with van der Waals surface area (Å²) in [5.41, 5.74) is -0.451. The van der Waals surface area contributed by atoms with Crippen molar-refractivity contribution in [2.45, 2.75) is 36.8 Å². The van der Waals surface area contributed by atoms with E-state index in [1.807, 2.05) is 6.92 Å². The highest BCUT2D eigenvalue weighted by molar-refractivity contribution is 7.89. The Morgan fingerprint density at radius 2 is 2.09 bits per heavy atom. The second kappa shape index (κ2) is 5.57. The zero-order chi connectivity index (χ0) is 16.8. The van der Waals surface area contributed by atoms with Gasteiger partial charge in [0.25, 0.3) is 5.69 Å². The van der Waals surface area contributed by atoms with Crippen molar-refractivity contribution in [3.8, 4) is 0 Å². The van der Waals surface area contributed by atoms with E-state index in [9.17, 15) is 23.3 Å². The topological polar surface area (TPSA) is 107 Å². The van der Waals surface area contributed by atoms with E-state index in [0.717, 1.165) is 10.4 Å². The molecule has 0 saturated carbocycles. The Hall–Kier alpha value is -2.00. The molecule has 2 aliphatic rings. The van der Waals surface area contributed by atoms with E-state index >= 15 is 0 Å². The average Bonchev–Trinajstić information content (AvgIpc) is 3.25. The van der Waals surface area contributed by atoms with E-state index in [1.165, 1.54) is 18.2 Å². The highest BCUT2D eigenvalue weighted by Crippen LogP contribution is 2.39. The summed E-state index contributed by atoms with van der Waals surface area (Å²) in [6.45, 7) is 2.09. The lowest BCUT2D eigenvalue weighted by Crippen LogP contribution is -2.23. The first-order valence-electron chi connectivity index (χ1n) is 7.32. The minimum Gasteiger partial charge on any atom is -0.460 e. The Bertz CT molecular complexity index is 762. The number of benzene rings is 1. The van der Waals surface area contributed by atoms with Crippen LogP contribution in [0.1, 0.15) is 19.8 Å². The van der Waals surface area contributed by atoms with Crippen molar-refractivity contribution >= 4 is 21.7 Å². The fraction of sp³-hybridized carbons (Fsp3) is 0.500. The molecule has 1 aromatic rings. The molecule has 0 aliphatic carbocycles. The van der Waals surface area contributed by atoms with Crippen molar-refractivity contribution < 1.29 is 22.9 Å². The third kappa shape index (κ3) is 2.70. The molecule has 23 heavy (non-hydrogen) atoms. The molecule has 2 fully saturated rings. The summed E-state index contributed by atoms with van der Waals surface area (Å²) in [5, 5.41) is 11.0. The molecule has 8 nitrogen and oxygen atoms in total. The number of carbonyl (C=O) groups is 1. The van der Waals surface area contributed by atoms with Gasteiger partial charge in [-0.1, -0.05) is 19.1 Å². The number of cyclic esters (lactones) is 1. The first-order chi connectivity index (χ1) is 10.9. The van der Waals surface area contributed by atoms with E-state index in [2.05, 4.69) is 0 Å². The number of ether oxygens (including phenoxy) is 1. The summed E-state index contributed by atoms with van der Waals surface area (Å²) in [5.74, 6) is -0.497. The summed E-state index contributed by atoms with van der Waals surface area (Å²) in [6.07, 6.45) is 0.673. The quantitative estimate of drug-likeness (QED) is 0.346. The van der Waals surface area contributed by atoms with E-state index in [0.29, 0.717) is 12.8 Å². The number of hydrogen-bond acceptors (Lipinski definition) is 6. The first-order valence-corrected chi connectivity index (χ1v) is 8.76. The molecule has 1 aromatic carbocycles. The molecule has 9 heteroatoms. The van der Waals surface area contributed by atoms with E-state index in [-0.39, 0.29) is 23.3 Å². The van der Waals surface area contributed by atoms with Crippen molar-refractivity contribution in [1.29, 1.82) is 0 Å². The first kappa shape index (κ1) is 15.9. The Morgan fingerprint density at radius 1 is 1.39 bits per heavy atom. The van der Waals surface area contributed by atoms with Crippen molar-refractivity contribution in [2.24, 2.45) is 5.92 Å². The minimum absolute atomic E-state index is 0.198. The Kier molecular flexibility index (Phi) is 3.85. The maximum atomic E-state index is 12.6. The van der Waals surface area contributed by atoms with Gasteiger partial charge in [0.2, 0.25) is 10.0 Å². The predicted molar refractivity (Wildman–Crippen MR) is 79.1 cm³/mol. The Morgan fingerprint density at radius 3 is 2.70 bits per heavy atom. The van der Waals surface area contributed by atoms with Gasteiger partial charge in [0, 0.05) is 12.6 Å². The van der Waals surface area contributed by atoms with E-state index in [4.69, 9.17) is 4.74 Å². The van der Waals surface area contributed by atoms with Gasteiger partial charge in [0.1, 0.15) is 6.10 Å². The third-order valence-electron chi connectivity index (χ3n) is 4.29. The van der Waals surface area contributed by atoms with E-state index < -0.39 is 32.8 Å². The number of para-hydroxylation sites is 1. The highest BCUT2D eigenvalue weighted by Gasteiger charge is 2.54. The molecule has 2 heterocycles. The maximum Gasteiger partial charge on any atom is 0.309 e. The third-order valence-corrected chi connectivity index (χ3v) is 6.23. The molecule has 0 spiro atoms. The normalized spacial score (nSPS) is 30.0. The van der Waals surface area contributed by atoms with Crippen LogP contribution in [0.2, 0.25) is 0 Å². The van der Waals surface area contributed by atoms with Gasteiger partial charge in [-0.15, -0.1) is 0 Å². The molecule has 0 aromatic heterocycles. The molecule has 2 saturated heterocycles. The van der Waals surface area contributed by atoms with Crippen LogP contribution < -0.4 is 0 Å². The molecule has 1 unspecified atom stereocenters. The SMILES string of the molecule is CC[C@@H]1C[C@H]([C@@H]2CN2S(=O)(=O)c2ccccc2[N+](=O)[O-])OC1=O. The van der Waals surface area contributed by atoms with Crippen LogP contribution in [-0.2, 0) is 19.6 Å². The minimum atomic E-state index is -3.97. The summed E-state index contributed by atoms with van der Waals surface area (Å²) in [7, 11) is -3.97. The molecule has 4 atom stereocenters. The highest BCUT2D eigenvalue weighted by atomic mass is 32.2. The van der Waals surface area contributed by atoms with Gasteiger partial charge < -0.3 is 4.74 Å². The zero-order valence-corrected chi connectivity index (χ0v) is 13.2. The fourth-order valence-corrected chi connectivity index (χ4v) is 4.66. The van der Waals surface area contributed by atoms with Crippen LogP contribution in [0, 0.1) is 16.0 Å². The van der Waals surface area contributed by atoms with Crippen molar-refractivity contribution in [1.82, 2.24) is 4.31 Å². The number of sulfonamides is 1. The number of nitrogens with zero attached hydrogens (tertiary/aromatic N) is 2. The maximum absolute atomic E-state index is 12.6. The molecule has 3 rings (SSSR count). The summed E-state index contributed by atoms with van der Waals surface area (Å²) in [4.78, 5) is 21.6. The van der Waals surface area contributed by atoms with Crippen LogP contribution in [-0.4, -0.2) is 42.3 Å². The predicted octanol–water partition coefficient (Wildman–Crippen LogP) is 1.31. The second-order valence-corrected chi connectivity index (χ2v) is 7.54. The molecule has 0 radical (unpaired) electrons. The molecule has 2 aliphatic heterocycles. The summed E-state index contributed by atoms with van der Waals surface area (Å²) in [6, 6.07) is 4.81. The number of rotatable bonds is 5. The van der Waals surface area contributed by atoms with Crippen LogP contribution in [0.5, 0.6) is 0 Å². The summed E-state index contributed by atoms with van der Waals surface area (Å²) < 4.78 is 31.6. The lowest BCUT2D eigenvalue weighted by atomic mass is 10.0. The van der Waals surface area contributed by atoms with Crippen LogP contribution in [0.3, 0.4) is 0 Å². The smallest absolute Gasteiger partial charge is 0.309 e. The molecule has 124 valence electrons. The number of hydrogen-bond donors (Lipinski definition) is 0. The van der Waals surface area contributed by atoms with Crippen LogP contribution >= 0.6 is 0 Å². The number of esters is 1. The molecule has 0 N–H and O–H groups in total. The van der Waals surface area contributed by atoms with Crippen LogP contribution in [0.15, 0.2) is 29.2 Å². The molecule has 0 amide bonds. The summed E-state index contributed by atoms with van der Waals surface area (Å²) >= 11 is 0. The van der Waals surface area contributed by atoms with Gasteiger partial charge in [-0.05, 0) is 18.9 Å². The molecular weight excluding hydrogens is 324 g/mol. The van der Waals surface area contributed by atoms with Crippen LogP contribution in [0.25, 0.3) is 0 Å². The lowest BCUT2D eigenvalue weighted by molar-refractivity contribution is -0.387. The number of nitro groups is 1. The number of nitro benzene ring substituents is 1. The average molecular weight is 340 g/mol. The largest absolute Gasteiger partial charge is 0.460 e. The zero-order valence-electron chi connectivity index (χ0n) is 12.4. The number of carbonyl (C=O) groups excluding carboxylic acids is 1. The fourth-order valence-electron chi connectivity index (χ4n) is 2.91. The standard InChI is InChI=1S/C14H16N2O6S/c1-2-9-7-12(22-14(9)17)11-8-15(11)23(20,21)13-6-4-3-5-10(13)16(18)19/h3-6,9,11-12H,2,7-8H2,1H3/t9-,11+,12-,15?/m1/s1. The van der Waals surface area contributed by atoms with Gasteiger partial charge in [-0.25, -0.2) is 8.42 Å². The Labute approximate surface area is 133 Å². The van der Waals surface area contributed by atoms with Crippen molar-refractivity contribution in [3.05, 3.63) is 34.4 Å². The molecular formula is C14H16N2O6S. The van der Waals surface area contributed by atoms with Gasteiger partial charge in [0.15, 0.2) is 4.90 Å². The van der Waals surface area contributed by atoms with Crippen LogP contribution in [0.4, 0.5) is 5.69 Å². The van der Waals surface area contributed by atoms with Gasteiger partial charge in [-0.3, -0.25) is 14.9 Å². The van der Waals surface area contributed by atoms with Gasteiger partial charge in [0.05, 0.1) is 16.9 Å². The lowest BCUT2D eigenvalue weighted by Gasteiger charge is -2.10. The van der Waals surface area contributed by atoms with Gasteiger partial charge >= 0.3 is 5.97 Å². The van der Waals surface area contributed by atoms with Gasteiger partial charge in [-0.2, -0.15) is 4.31 Å². The molecule has 0 bridgehead atoms.